The van der Waals surface area contributed by atoms with E-state index in [1.165, 1.54) is 64.2 Å². The molecule has 6 rings (SSSR count). The average Bonchev–Trinajstić information content (AvgIpc) is 2.93. The first-order valence-corrected chi connectivity index (χ1v) is 14.9. The van der Waals surface area contributed by atoms with E-state index in [0.717, 1.165) is 19.0 Å². The molecule has 0 amide bonds. The van der Waals surface area contributed by atoms with Crippen LogP contribution in [0, 0.1) is 0 Å². The SMILES string of the molecule is O=C(O)c1ccc([P+](Cc2cc3c4c(c2)CCCN4CCC3)(c2ccccc2)c2ccccc2)cc1. The van der Waals surface area contributed by atoms with E-state index >= 15 is 0 Å². The number of hydrogen-bond donors (Lipinski definition) is 1. The van der Waals surface area contributed by atoms with E-state index in [9.17, 15) is 9.90 Å². The molecule has 0 atom stereocenters. The minimum absolute atomic E-state index is 0.330. The van der Waals surface area contributed by atoms with Gasteiger partial charge in [0.25, 0.3) is 0 Å². The van der Waals surface area contributed by atoms with Crippen molar-refractivity contribution in [1.82, 2.24) is 0 Å². The molecule has 0 aromatic heterocycles. The van der Waals surface area contributed by atoms with E-state index in [4.69, 9.17) is 0 Å². The number of rotatable bonds is 6. The Morgan fingerprint density at radius 2 is 1.22 bits per heavy atom. The smallest absolute Gasteiger partial charge is 0.335 e. The van der Waals surface area contributed by atoms with Crippen molar-refractivity contribution >= 4 is 34.8 Å². The second kappa shape index (κ2) is 9.56. The second-order valence-electron chi connectivity index (χ2n) is 9.95. The molecule has 4 heteroatoms. The summed E-state index contributed by atoms with van der Waals surface area (Å²) in [6.45, 7) is 2.36. The van der Waals surface area contributed by atoms with Crippen molar-refractivity contribution in [3.63, 3.8) is 0 Å². The molecule has 0 spiro atoms. The average molecular weight is 493 g/mol. The van der Waals surface area contributed by atoms with Crippen molar-refractivity contribution < 1.29 is 9.90 Å². The number of nitrogens with zero attached hydrogens (tertiary/aromatic N) is 1. The third-order valence-corrected chi connectivity index (χ3v) is 12.1. The van der Waals surface area contributed by atoms with Crippen molar-refractivity contribution in [3.8, 4) is 0 Å². The molecule has 0 radical (unpaired) electrons. The highest BCUT2D eigenvalue weighted by Crippen LogP contribution is 2.58. The molecule has 3 nitrogen and oxygen atoms in total. The van der Waals surface area contributed by atoms with E-state index in [1.807, 2.05) is 0 Å². The van der Waals surface area contributed by atoms with Gasteiger partial charge in [0.1, 0.15) is 23.2 Å². The molecule has 180 valence electrons. The summed E-state index contributed by atoms with van der Waals surface area (Å²) < 4.78 is 0. The highest BCUT2D eigenvalue weighted by Gasteiger charge is 2.46. The van der Waals surface area contributed by atoms with E-state index in [0.29, 0.717) is 5.56 Å². The van der Waals surface area contributed by atoms with E-state index in [2.05, 4.69) is 89.8 Å². The summed E-state index contributed by atoms with van der Waals surface area (Å²) in [5.41, 5.74) is 6.25. The molecule has 0 fully saturated rings. The van der Waals surface area contributed by atoms with Crippen LogP contribution in [0.2, 0.25) is 0 Å². The van der Waals surface area contributed by atoms with Gasteiger partial charge >= 0.3 is 5.97 Å². The molecular formula is C32H31NO2P+. The highest BCUT2D eigenvalue weighted by molar-refractivity contribution is 7.95. The molecule has 0 saturated heterocycles. The summed E-state index contributed by atoms with van der Waals surface area (Å²) in [7, 11) is -2.10. The third kappa shape index (κ3) is 4.02. The molecule has 2 aliphatic heterocycles. The second-order valence-corrected chi connectivity index (χ2v) is 13.4. The summed E-state index contributed by atoms with van der Waals surface area (Å²) in [5.74, 6) is -0.886. The molecular weight excluding hydrogens is 461 g/mol. The maximum atomic E-state index is 11.6. The van der Waals surface area contributed by atoms with Crippen LogP contribution in [0.25, 0.3) is 0 Å². The maximum Gasteiger partial charge on any atom is 0.335 e. The van der Waals surface area contributed by atoms with Gasteiger partial charge in [0.15, 0.2) is 0 Å². The van der Waals surface area contributed by atoms with Gasteiger partial charge in [-0.2, -0.15) is 0 Å². The van der Waals surface area contributed by atoms with Crippen molar-refractivity contribution in [1.29, 1.82) is 0 Å². The fourth-order valence-corrected chi connectivity index (χ4v) is 10.4. The summed E-state index contributed by atoms with van der Waals surface area (Å²) in [6.07, 6.45) is 5.69. The summed E-state index contributed by atoms with van der Waals surface area (Å²) >= 11 is 0. The zero-order valence-corrected chi connectivity index (χ0v) is 21.3. The minimum atomic E-state index is -2.10. The van der Waals surface area contributed by atoms with Crippen LogP contribution in [0.5, 0.6) is 0 Å². The van der Waals surface area contributed by atoms with Gasteiger partial charge in [-0.1, -0.05) is 48.5 Å². The number of anilines is 1. The first kappa shape index (κ1) is 23.0. The van der Waals surface area contributed by atoms with Gasteiger partial charge in [0.05, 0.1) is 11.7 Å². The van der Waals surface area contributed by atoms with Gasteiger partial charge < -0.3 is 10.0 Å². The Bertz CT molecular complexity index is 1310. The van der Waals surface area contributed by atoms with Crippen LogP contribution in [0.3, 0.4) is 0 Å². The molecule has 2 heterocycles. The molecule has 0 saturated carbocycles. The van der Waals surface area contributed by atoms with Crippen LogP contribution in [-0.2, 0) is 19.0 Å². The first-order chi connectivity index (χ1) is 17.6. The van der Waals surface area contributed by atoms with Crippen LogP contribution >= 0.6 is 7.26 Å². The fourth-order valence-electron chi connectivity index (χ4n) is 6.19. The van der Waals surface area contributed by atoms with Crippen LogP contribution in [0.15, 0.2) is 97.1 Å². The number of carbonyl (C=O) groups is 1. The lowest BCUT2D eigenvalue weighted by Gasteiger charge is -2.37. The van der Waals surface area contributed by atoms with Crippen LogP contribution in [0.1, 0.15) is 39.9 Å². The number of benzene rings is 4. The third-order valence-electron chi connectivity index (χ3n) is 7.76. The predicted octanol–water partition coefficient (Wildman–Crippen LogP) is 5.58. The number of carboxylic acid groups (broad SMARTS) is 1. The van der Waals surface area contributed by atoms with Crippen LogP contribution < -0.4 is 20.8 Å². The van der Waals surface area contributed by atoms with E-state index in [1.54, 1.807) is 12.1 Å². The molecule has 2 aliphatic rings. The number of carboxylic acids is 1. The molecule has 4 aromatic rings. The Balaban J connectivity index is 1.56. The fraction of sp³-hybridized carbons (Fsp3) is 0.219. The highest BCUT2D eigenvalue weighted by atomic mass is 31.2. The molecule has 4 aromatic carbocycles. The van der Waals surface area contributed by atoms with E-state index in [-0.39, 0.29) is 0 Å². The first-order valence-electron chi connectivity index (χ1n) is 12.9. The Kier molecular flexibility index (Phi) is 6.11. The van der Waals surface area contributed by atoms with Gasteiger partial charge in [-0.05, 0) is 90.9 Å². The van der Waals surface area contributed by atoms with Gasteiger partial charge in [0.2, 0.25) is 0 Å². The van der Waals surface area contributed by atoms with Crippen molar-refractivity contribution in [2.45, 2.75) is 31.8 Å². The molecule has 1 N–H and O–H groups in total. The zero-order chi connectivity index (χ0) is 24.5. The van der Waals surface area contributed by atoms with Crippen LogP contribution in [0.4, 0.5) is 5.69 Å². The Labute approximate surface area is 213 Å². The summed E-state index contributed by atoms with van der Waals surface area (Å²) in [6, 6.07) is 34.3. The monoisotopic (exact) mass is 492 g/mol. The summed E-state index contributed by atoms with van der Waals surface area (Å²) in [5, 5.41) is 13.4. The predicted molar refractivity (Wildman–Crippen MR) is 151 cm³/mol. The topological polar surface area (TPSA) is 40.5 Å². The lowest BCUT2D eigenvalue weighted by atomic mass is 9.90. The zero-order valence-electron chi connectivity index (χ0n) is 20.4. The van der Waals surface area contributed by atoms with Crippen molar-refractivity contribution in [3.05, 3.63) is 119 Å². The lowest BCUT2D eigenvalue weighted by molar-refractivity contribution is 0.0697. The minimum Gasteiger partial charge on any atom is -0.478 e. The Morgan fingerprint density at radius 3 is 1.72 bits per heavy atom. The normalized spacial score (nSPS) is 14.8. The molecule has 36 heavy (non-hydrogen) atoms. The standard InChI is InChI=1S/C32H30NO2P/c34-32(35)25-15-17-30(18-16-25)36(28-11-3-1-4-12-28,29-13-5-2-6-14-29)23-24-21-26-9-7-19-33-20-8-10-27(22-24)31(26)33/h1-6,11-18,21-22H,7-10,19-20,23H2/p+1. The Morgan fingerprint density at radius 1 is 0.722 bits per heavy atom. The largest absolute Gasteiger partial charge is 0.478 e. The molecule has 0 bridgehead atoms. The van der Waals surface area contributed by atoms with Gasteiger partial charge in [-0.3, -0.25) is 0 Å². The van der Waals surface area contributed by atoms with Gasteiger partial charge in [-0.25, -0.2) is 4.79 Å². The Hall–Kier alpha value is -3.42. The number of hydrogen-bond acceptors (Lipinski definition) is 2. The van der Waals surface area contributed by atoms with E-state index < -0.39 is 13.2 Å². The van der Waals surface area contributed by atoms with Crippen molar-refractivity contribution in [2.24, 2.45) is 0 Å². The molecule has 0 aliphatic carbocycles. The maximum absolute atomic E-state index is 11.6. The van der Waals surface area contributed by atoms with Gasteiger partial charge in [-0.15, -0.1) is 0 Å². The molecule has 0 unspecified atom stereocenters. The quantitative estimate of drug-likeness (QED) is 0.358. The van der Waals surface area contributed by atoms with Crippen molar-refractivity contribution in [2.75, 3.05) is 18.0 Å². The summed E-state index contributed by atoms with van der Waals surface area (Å²) in [4.78, 5) is 14.2. The number of aryl methyl sites for hydroxylation is 2. The van der Waals surface area contributed by atoms with Gasteiger partial charge in [0, 0.05) is 18.8 Å². The number of aromatic carboxylic acids is 1. The van der Waals surface area contributed by atoms with Crippen LogP contribution in [-0.4, -0.2) is 24.2 Å². The lowest BCUT2D eigenvalue weighted by Crippen LogP contribution is -2.35.